The fraction of sp³-hybridized carbons (Fsp3) is 0.538. The van der Waals surface area contributed by atoms with Gasteiger partial charge in [0.25, 0.3) is 0 Å². The highest BCUT2D eigenvalue weighted by Gasteiger charge is 2.33. The number of carbonyl (C=O) groups is 2. The van der Waals surface area contributed by atoms with Crippen molar-refractivity contribution in [2.24, 2.45) is 0 Å². The molecule has 3 amide bonds. The van der Waals surface area contributed by atoms with Crippen LogP contribution in [-0.4, -0.2) is 71.9 Å². The van der Waals surface area contributed by atoms with Crippen molar-refractivity contribution in [3.63, 3.8) is 0 Å². The van der Waals surface area contributed by atoms with Gasteiger partial charge in [-0.2, -0.15) is 0 Å². The largest absolute Gasteiger partial charge is 0.338 e. The smallest absolute Gasteiger partial charge is 0.317 e. The van der Waals surface area contributed by atoms with E-state index in [2.05, 4.69) is 45.9 Å². The fourth-order valence-corrected chi connectivity index (χ4v) is 6.41. The fourth-order valence-electron chi connectivity index (χ4n) is 5.51. The Kier molecular flexibility index (Phi) is 6.97. The van der Waals surface area contributed by atoms with Crippen molar-refractivity contribution in [1.29, 1.82) is 0 Å². The molecule has 1 aromatic carbocycles. The molecule has 5 rings (SSSR count). The number of amides is 3. The average Bonchev–Trinajstić information content (AvgIpc) is 3.34. The molecule has 2 aromatic rings. The van der Waals surface area contributed by atoms with E-state index in [-0.39, 0.29) is 18.0 Å². The molecule has 0 radical (unpaired) electrons. The molecule has 3 aliphatic rings. The van der Waals surface area contributed by atoms with Crippen LogP contribution in [0.1, 0.15) is 54.1 Å². The zero-order valence-corrected chi connectivity index (χ0v) is 20.1. The number of nitrogens with zero attached hydrogens (tertiary/aromatic N) is 3. The van der Waals surface area contributed by atoms with Gasteiger partial charge in [-0.15, -0.1) is 11.3 Å². The standard InChI is InChI=1S/C26H34N4O2S/c31-24(28-14-16-29(17-15-28)26(32)27-21-9-5-2-6-10-21)19-30-13-11-23-22(12-18-33-23)25(30)20-7-3-1-4-8-20/h1,3-4,7-8,12,18,21,25H,2,5-6,9-11,13-17,19H2,(H,27,32)/t25-/m1/s1. The maximum Gasteiger partial charge on any atom is 0.317 e. The van der Waals surface area contributed by atoms with Crippen molar-refractivity contribution in [2.45, 2.75) is 50.6 Å². The van der Waals surface area contributed by atoms with Gasteiger partial charge in [0.05, 0.1) is 12.6 Å². The molecule has 3 heterocycles. The summed E-state index contributed by atoms with van der Waals surface area (Å²) >= 11 is 1.82. The quantitative estimate of drug-likeness (QED) is 0.744. The minimum absolute atomic E-state index is 0.0409. The number of rotatable bonds is 4. The lowest BCUT2D eigenvalue weighted by atomic mass is 9.93. The van der Waals surface area contributed by atoms with E-state index in [1.54, 1.807) is 0 Å². The first-order valence-electron chi connectivity index (χ1n) is 12.4. The highest BCUT2D eigenvalue weighted by atomic mass is 32.1. The molecule has 0 unspecified atom stereocenters. The molecule has 6 nitrogen and oxygen atoms in total. The van der Waals surface area contributed by atoms with Crippen molar-refractivity contribution in [3.05, 3.63) is 57.8 Å². The summed E-state index contributed by atoms with van der Waals surface area (Å²) in [5.74, 6) is 0.168. The zero-order valence-electron chi connectivity index (χ0n) is 19.2. The number of hydrogen-bond acceptors (Lipinski definition) is 4. The summed E-state index contributed by atoms with van der Waals surface area (Å²) in [4.78, 5) is 33.5. The predicted molar refractivity (Wildman–Crippen MR) is 131 cm³/mol. The number of benzene rings is 1. The molecular weight excluding hydrogens is 432 g/mol. The Morgan fingerprint density at radius 1 is 0.909 bits per heavy atom. The lowest BCUT2D eigenvalue weighted by molar-refractivity contribution is -0.134. The van der Waals surface area contributed by atoms with Crippen molar-refractivity contribution < 1.29 is 9.59 Å². The molecule has 176 valence electrons. The SMILES string of the molecule is O=C(CN1CCc2sccc2[C@H]1c1ccccc1)N1CCN(C(=O)NC2CCCCC2)CC1. The second kappa shape index (κ2) is 10.3. The van der Waals surface area contributed by atoms with Crippen LogP contribution in [0.2, 0.25) is 0 Å². The minimum Gasteiger partial charge on any atom is -0.338 e. The molecule has 33 heavy (non-hydrogen) atoms. The van der Waals surface area contributed by atoms with Gasteiger partial charge in [-0.25, -0.2) is 4.79 Å². The Morgan fingerprint density at radius 3 is 2.39 bits per heavy atom. The molecule has 0 spiro atoms. The van der Waals surface area contributed by atoms with Gasteiger partial charge in [0.2, 0.25) is 5.91 Å². The van der Waals surface area contributed by atoms with E-state index in [4.69, 9.17) is 0 Å². The third kappa shape index (κ3) is 5.09. The van der Waals surface area contributed by atoms with Crippen LogP contribution in [0.15, 0.2) is 41.8 Å². The van der Waals surface area contributed by atoms with Crippen LogP contribution >= 0.6 is 11.3 Å². The predicted octanol–water partition coefficient (Wildman–Crippen LogP) is 3.88. The van der Waals surface area contributed by atoms with Crippen molar-refractivity contribution in [1.82, 2.24) is 20.0 Å². The molecule has 1 saturated carbocycles. The van der Waals surface area contributed by atoms with Crippen molar-refractivity contribution >= 4 is 23.3 Å². The Balaban J connectivity index is 1.18. The van der Waals surface area contributed by atoms with Crippen LogP contribution in [-0.2, 0) is 11.2 Å². The Labute approximate surface area is 200 Å². The third-order valence-electron chi connectivity index (χ3n) is 7.37. The maximum absolute atomic E-state index is 13.3. The first-order chi connectivity index (χ1) is 16.2. The molecule has 1 N–H and O–H groups in total. The van der Waals surface area contributed by atoms with Crippen LogP contribution in [0.25, 0.3) is 0 Å². The van der Waals surface area contributed by atoms with Crippen LogP contribution < -0.4 is 5.32 Å². The van der Waals surface area contributed by atoms with Crippen LogP contribution in [0.3, 0.4) is 0 Å². The number of carbonyl (C=O) groups excluding carboxylic acids is 2. The van der Waals surface area contributed by atoms with E-state index in [0.29, 0.717) is 38.8 Å². The summed E-state index contributed by atoms with van der Waals surface area (Å²) in [7, 11) is 0. The summed E-state index contributed by atoms with van der Waals surface area (Å²) in [6.07, 6.45) is 6.88. The number of urea groups is 1. The van der Waals surface area contributed by atoms with Gasteiger partial charge in [0.15, 0.2) is 0 Å². The summed E-state index contributed by atoms with van der Waals surface area (Å²) in [6, 6.07) is 13.2. The minimum atomic E-state index is 0.0409. The molecule has 2 fully saturated rings. The van der Waals surface area contributed by atoms with Gasteiger partial charge in [-0.05, 0) is 41.8 Å². The van der Waals surface area contributed by atoms with Gasteiger partial charge in [-0.3, -0.25) is 9.69 Å². The summed E-state index contributed by atoms with van der Waals surface area (Å²) < 4.78 is 0. The van der Waals surface area contributed by atoms with E-state index < -0.39 is 0 Å². The lowest BCUT2D eigenvalue weighted by Crippen LogP contribution is -2.56. The van der Waals surface area contributed by atoms with Gasteiger partial charge in [0.1, 0.15) is 0 Å². The van der Waals surface area contributed by atoms with E-state index in [0.717, 1.165) is 25.8 Å². The monoisotopic (exact) mass is 466 g/mol. The van der Waals surface area contributed by atoms with Gasteiger partial charge in [0, 0.05) is 43.6 Å². The summed E-state index contributed by atoms with van der Waals surface area (Å²) in [6.45, 7) is 3.77. The normalized spacial score (nSPS) is 22.1. The van der Waals surface area contributed by atoms with Crippen molar-refractivity contribution in [3.8, 4) is 0 Å². The molecule has 0 bridgehead atoms. The molecule has 1 aromatic heterocycles. The maximum atomic E-state index is 13.3. The van der Waals surface area contributed by atoms with E-state index in [1.165, 1.54) is 35.3 Å². The summed E-state index contributed by atoms with van der Waals surface area (Å²) in [5, 5.41) is 5.38. The number of thiophene rings is 1. The molecule has 1 atom stereocenters. The molecule has 1 saturated heterocycles. The average molecular weight is 467 g/mol. The number of piperazine rings is 1. The van der Waals surface area contributed by atoms with Gasteiger partial charge >= 0.3 is 6.03 Å². The second-order valence-electron chi connectivity index (χ2n) is 9.49. The van der Waals surface area contributed by atoms with Crippen LogP contribution in [0.5, 0.6) is 0 Å². The first-order valence-corrected chi connectivity index (χ1v) is 13.3. The number of nitrogens with one attached hydrogen (secondary N) is 1. The Bertz CT molecular complexity index is 948. The molecule has 7 heteroatoms. The van der Waals surface area contributed by atoms with Crippen LogP contribution in [0, 0.1) is 0 Å². The van der Waals surface area contributed by atoms with Gasteiger partial charge in [-0.1, -0.05) is 49.6 Å². The molecule has 2 aliphatic heterocycles. The van der Waals surface area contributed by atoms with E-state index >= 15 is 0 Å². The zero-order chi connectivity index (χ0) is 22.6. The van der Waals surface area contributed by atoms with E-state index in [9.17, 15) is 9.59 Å². The van der Waals surface area contributed by atoms with Crippen molar-refractivity contribution in [2.75, 3.05) is 39.3 Å². The first kappa shape index (κ1) is 22.4. The Hall–Kier alpha value is -2.38. The van der Waals surface area contributed by atoms with Gasteiger partial charge < -0.3 is 15.1 Å². The Morgan fingerprint density at radius 2 is 1.64 bits per heavy atom. The number of hydrogen-bond donors (Lipinski definition) is 1. The summed E-state index contributed by atoms with van der Waals surface area (Å²) in [5.41, 5.74) is 2.59. The third-order valence-corrected chi connectivity index (χ3v) is 8.37. The highest BCUT2D eigenvalue weighted by molar-refractivity contribution is 7.10. The topological polar surface area (TPSA) is 55.9 Å². The second-order valence-corrected chi connectivity index (χ2v) is 10.5. The molecule has 1 aliphatic carbocycles. The van der Waals surface area contributed by atoms with E-state index in [1.807, 2.05) is 27.2 Å². The lowest BCUT2D eigenvalue weighted by Gasteiger charge is -2.39. The number of fused-ring (bicyclic) bond motifs is 1. The molecular formula is C26H34N4O2S. The highest BCUT2D eigenvalue weighted by Crippen LogP contribution is 2.37. The van der Waals surface area contributed by atoms with Crippen LogP contribution in [0.4, 0.5) is 4.79 Å².